The Labute approximate surface area is 184 Å². The SMILES string of the molecule is O=C(NCc1ccc(Oc2ccc(F)cc2)cc1)c1ccc(CN2C(=O)CCC2=O)cc1. The van der Waals surface area contributed by atoms with Crippen molar-refractivity contribution in [1.29, 1.82) is 0 Å². The lowest BCUT2D eigenvalue weighted by Gasteiger charge is -2.14. The summed E-state index contributed by atoms with van der Waals surface area (Å²) in [6.45, 7) is 0.570. The van der Waals surface area contributed by atoms with Crippen LogP contribution in [0.1, 0.15) is 34.3 Å². The molecule has 0 spiro atoms. The second kappa shape index (κ2) is 9.43. The van der Waals surface area contributed by atoms with Crippen LogP contribution in [0.25, 0.3) is 0 Å². The van der Waals surface area contributed by atoms with E-state index in [-0.39, 0.29) is 42.9 Å². The number of carbonyl (C=O) groups is 3. The Bertz CT molecular complexity index is 1110. The average molecular weight is 432 g/mol. The standard InChI is InChI=1S/C25H21FN2O4/c26-20-7-11-22(12-8-20)32-21-9-3-17(4-10-21)15-27-25(31)19-5-1-18(2-6-19)16-28-23(29)13-14-24(28)30/h1-12H,13-16H2,(H,27,31). The van der Waals surface area contributed by atoms with Gasteiger partial charge in [-0.1, -0.05) is 24.3 Å². The van der Waals surface area contributed by atoms with Crippen LogP contribution in [0.15, 0.2) is 72.8 Å². The van der Waals surface area contributed by atoms with Crippen LogP contribution in [-0.2, 0) is 22.7 Å². The van der Waals surface area contributed by atoms with Crippen LogP contribution in [0.4, 0.5) is 4.39 Å². The number of carbonyl (C=O) groups excluding carboxylic acids is 3. The van der Waals surface area contributed by atoms with Crippen LogP contribution in [0.2, 0.25) is 0 Å². The fraction of sp³-hybridized carbons (Fsp3) is 0.160. The molecule has 1 fully saturated rings. The molecule has 0 aromatic heterocycles. The molecular weight excluding hydrogens is 411 g/mol. The van der Waals surface area contributed by atoms with Crippen molar-refractivity contribution in [3.05, 3.63) is 95.3 Å². The third-order valence-corrected chi connectivity index (χ3v) is 5.14. The third kappa shape index (κ3) is 5.18. The molecule has 6 nitrogen and oxygen atoms in total. The highest BCUT2D eigenvalue weighted by Crippen LogP contribution is 2.22. The number of imide groups is 1. The van der Waals surface area contributed by atoms with E-state index in [1.807, 2.05) is 12.1 Å². The molecule has 0 aliphatic carbocycles. The minimum Gasteiger partial charge on any atom is -0.457 e. The number of likely N-dealkylation sites (tertiary alicyclic amines) is 1. The molecule has 0 radical (unpaired) electrons. The molecule has 3 amide bonds. The van der Waals surface area contributed by atoms with E-state index in [1.54, 1.807) is 48.5 Å². The van der Waals surface area contributed by atoms with Gasteiger partial charge in [0.1, 0.15) is 17.3 Å². The lowest BCUT2D eigenvalue weighted by Crippen LogP contribution is -2.28. The van der Waals surface area contributed by atoms with Crippen molar-refractivity contribution in [3.63, 3.8) is 0 Å². The zero-order valence-electron chi connectivity index (χ0n) is 17.2. The zero-order valence-corrected chi connectivity index (χ0v) is 17.2. The van der Waals surface area contributed by atoms with Crippen LogP contribution in [-0.4, -0.2) is 22.6 Å². The number of rotatable bonds is 7. The second-order valence-electron chi connectivity index (χ2n) is 7.45. The van der Waals surface area contributed by atoms with Crippen molar-refractivity contribution in [3.8, 4) is 11.5 Å². The summed E-state index contributed by atoms with van der Waals surface area (Å²) in [4.78, 5) is 37.1. The molecule has 3 aromatic carbocycles. The molecule has 1 aliphatic rings. The maximum absolute atomic E-state index is 13.0. The van der Waals surface area contributed by atoms with Gasteiger partial charge in [0.25, 0.3) is 5.91 Å². The number of hydrogen-bond acceptors (Lipinski definition) is 4. The Balaban J connectivity index is 1.29. The van der Waals surface area contributed by atoms with Gasteiger partial charge in [-0.2, -0.15) is 0 Å². The van der Waals surface area contributed by atoms with Gasteiger partial charge in [0.05, 0.1) is 6.54 Å². The zero-order chi connectivity index (χ0) is 22.5. The lowest BCUT2D eigenvalue weighted by atomic mass is 10.1. The molecule has 0 atom stereocenters. The van der Waals surface area contributed by atoms with E-state index in [2.05, 4.69) is 5.32 Å². The highest BCUT2D eigenvalue weighted by Gasteiger charge is 2.28. The number of hydrogen-bond donors (Lipinski definition) is 1. The minimum absolute atomic E-state index is 0.161. The van der Waals surface area contributed by atoms with Gasteiger partial charge in [-0.3, -0.25) is 19.3 Å². The first kappa shape index (κ1) is 21.2. The Morgan fingerprint density at radius 3 is 1.94 bits per heavy atom. The normalized spacial score (nSPS) is 13.3. The molecule has 32 heavy (non-hydrogen) atoms. The number of amides is 3. The van der Waals surface area contributed by atoms with E-state index in [4.69, 9.17) is 4.74 Å². The number of ether oxygens (including phenoxy) is 1. The monoisotopic (exact) mass is 432 g/mol. The van der Waals surface area contributed by atoms with Crippen molar-refractivity contribution < 1.29 is 23.5 Å². The fourth-order valence-corrected chi connectivity index (χ4v) is 3.34. The van der Waals surface area contributed by atoms with Crippen LogP contribution in [0.5, 0.6) is 11.5 Å². The van der Waals surface area contributed by atoms with Crippen LogP contribution in [0.3, 0.4) is 0 Å². The largest absolute Gasteiger partial charge is 0.457 e. The summed E-state index contributed by atoms with van der Waals surface area (Å²) >= 11 is 0. The Hall–Kier alpha value is -4.00. The first-order valence-electron chi connectivity index (χ1n) is 10.2. The highest BCUT2D eigenvalue weighted by atomic mass is 19.1. The lowest BCUT2D eigenvalue weighted by molar-refractivity contribution is -0.139. The van der Waals surface area contributed by atoms with Gasteiger partial charge in [-0.25, -0.2) is 4.39 Å². The van der Waals surface area contributed by atoms with Crippen molar-refractivity contribution in [2.45, 2.75) is 25.9 Å². The summed E-state index contributed by atoms with van der Waals surface area (Å²) in [7, 11) is 0. The van der Waals surface area contributed by atoms with Gasteiger partial charge in [-0.15, -0.1) is 0 Å². The Morgan fingerprint density at radius 1 is 0.812 bits per heavy atom. The average Bonchev–Trinajstić information content (AvgIpc) is 3.12. The molecular formula is C25H21FN2O4. The van der Waals surface area contributed by atoms with Gasteiger partial charge in [0.2, 0.25) is 11.8 Å². The molecule has 0 saturated carbocycles. The van der Waals surface area contributed by atoms with E-state index < -0.39 is 0 Å². The van der Waals surface area contributed by atoms with Gasteiger partial charge in [0.15, 0.2) is 0 Å². The first-order chi connectivity index (χ1) is 15.5. The molecule has 3 aromatic rings. The summed E-state index contributed by atoms with van der Waals surface area (Å²) in [6, 6.07) is 19.8. The Morgan fingerprint density at radius 2 is 1.34 bits per heavy atom. The number of benzene rings is 3. The summed E-state index contributed by atoms with van der Waals surface area (Å²) in [5.41, 5.74) is 2.18. The summed E-state index contributed by atoms with van der Waals surface area (Å²) in [5.74, 6) is 0.273. The molecule has 4 rings (SSSR count). The van der Waals surface area contributed by atoms with Crippen molar-refractivity contribution in [2.75, 3.05) is 0 Å². The van der Waals surface area contributed by atoms with E-state index in [0.29, 0.717) is 23.6 Å². The molecule has 0 unspecified atom stereocenters. The van der Waals surface area contributed by atoms with Crippen LogP contribution in [0, 0.1) is 5.82 Å². The highest BCUT2D eigenvalue weighted by molar-refractivity contribution is 6.01. The maximum Gasteiger partial charge on any atom is 0.251 e. The van der Waals surface area contributed by atoms with Gasteiger partial charge < -0.3 is 10.1 Å². The molecule has 162 valence electrons. The topological polar surface area (TPSA) is 75.7 Å². The van der Waals surface area contributed by atoms with E-state index >= 15 is 0 Å². The minimum atomic E-state index is -0.324. The van der Waals surface area contributed by atoms with Crippen LogP contribution < -0.4 is 10.1 Å². The third-order valence-electron chi connectivity index (χ3n) is 5.14. The van der Waals surface area contributed by atoms with Crippen molar-refractivity contribution in [1.82, 2.24) is 10.2 Å². The summed E-state index contributed by atoms with van der Waals surface area (Å²) < 4.78 is 18.6. The maximum atomic E-state index is 13.0. The van der Waals surface area contributed by atoms with Gasteiger partial charge in [0, 0.05) is 24.9 Å². The summed E-state index contributed by atoms with van der Waals surface area (Å²) in [6.07, 6.45) is 0.525. The van der Waals surface area contributed by atoms with Crippen molar-refractivity contribution >= 4 is 17.7 Å². The fourth-order valence-electron chi connectivity index (χ4n) is 3.34. The molecule has 7 heteroatoms. The molecule has 1 N–H and O–H groups in total. The number of nitrogens with one attached hydrogen (secondary N) is 1. The van der Waals surface area contributed by atoms with E-state index in [1.165, 1.54) is 17.0 Å². The smallest absolute Gasteiger partial charge is 0.251 e. The second-order valence-corrected chi connectivity index (χ2v) is 7.45. The van der Waals surface area contributed by atoms with E-state index in [0.717, 1.165) is 11.1 Å². The first-order valence-corrected chi connectivity index (χ1v) is 10.2. The van der Waals surface area contributed by atoms with Gasteiger partial charge in [-0.05, 0) is 59.7 Å². The summed E-state index contributed by atoms with van der Waals surface area (Å²) in [5, 5.41) is 2.86. The van der Waals surface area contributed by atoms with Gasteiger partial charge >= 0.3 is 0 Å². The van der Waals surface area contributed by atoms with Crippen LogP contribution >= 0.6 is 0 Å². The van der Waals surface area contributed by atoms with E-state index in [9.17, 15) is 18.8 Å². The number of nitrogens with zero attached hydrogens (tertiary/aromatic N) is 1. The molecule has 1 heterocycles. The Kier molecular flexibility index (Phi) is 6.26. The predicted molar refractivity (Wildman–Crippen MR) is 115 cm³/mol. The quantitative estimate of drug-likeness (QED) is 0.568. The number of halogens is 1. The molecule has 0 bridgehead atoms. The predicted octanol–water partition coefficient (Wildman–Crippen LogP) is 4.20. The van der Waals surface area contributed by atoms with Crippen molar-refractivity contribution in [2.24, 2.45) is 0 Å². The molecule has 1 saturated heterocycles. The molecule has 1 aliphatic heterocycles.